The highest BCUT2D eigenvalue weighted by molar-refractivity contribution is 8.18. The number of nitrogens with zero attached hydrogens (tertiary/aromatic N) is 4. The number of amides is 2. The Morgan fingerprint density at radius 3 is 2.59 bits per heavy atom. The quantitative estimate of drug-likeness (QED) is 0.523. The van der Waals surface area contributed by atoms with Crippen molar-refractivity contribution in [3.05, 3.63) is 58.2 Å². The van der Waals surface area contributed by atoms with E-state index in [1.807, 2.05) is 24.3 Å². The summed E-state index contributed by atoms with van der Waals surface area (Å²) in [6, 6.07) is 12.5. The highest BCUT2D eigenvalue weighted by Crippen LogP contribution is 2.34. The predicted octanol–water partition coefficient (Wildman–Crippen LogP) is 4.80. The zero-order chi connectivity index (χ0) is 23.8. The number of hydrogen-bond donors (Lipinski definition) is 1. The minimum atomic E-state index is -0.415. The van der Waals surface area contributed by atoms with Gasteiger partial charge in [0, 0.05) is 37.8 Å². The summed E-state index contributed by atoms with van der Waals surface area (Å²) in [5, 5.41) is 2.58. The van der Waals surface area contributed by atoms with Gasteiger partial charge < -0.3 is 4.90 Å². The van der Waals surface area contributed by atoms with Crippen molar-refractivity contribution >= 4 is 57.3 Å². The first-order valence-electron chi connectivity index (χ1n) is 11.2. The van der Waals surface area contributed by atoms with Crippen molar-refractivity contribution in [3.63, 3.8) is 0 Å². The van der Waals surface area contributed by atoms with Crippen LogP contribution in [0.15, 0.2) is 47.5 Å². The number of piperazine rings is 1. The normalized spacial score (nSPS) is 18.4. The van der Waals surface area contributed by atoms with Crippen LogP contribution in [0.3, 0.4) is 0 Å². The smallest absolute Gasteiger partial charge is 0.290 e. The molecule has 1 aromatic heterocycles. The molecule has 0 atom stereocenters. The SMILES string of the molecule is CC(C)N1CCN(c2ccc(-c3cccc4ncc(C=C5SC(=O)NC5=O)nc34)cc2Cl)CC1. The van der Waals surface area contributed by atoms with Crippen LogP contribution in [0.1, 0.15) is 19.5 Å². The van der Waals surface area contributed by atoms with E-state index < -0.39 is 5.91 Å². The summed E-state index contributed by atoms with van der Waals surface area (Å²) < 4.78 is 0. The van der Waals surface area contributed by atoms with Crippen molar-refractivity contribution in [1.29, 1.82) is 0 Å². The molecular formula is C25H24ClN5O2S. The van der Waals surface area contributed by atoms with Crippen LogP contribution in [-0.4, -0.2) is 58.2 Å². The molecule has 5 rings (SSSR count). The number of carbonyl (C=O) groups excluding carboxylic acids is 2. The second-order valence-corrected chi connectivity index (χ2v) is 10.0. The Hall–Kier alpha value is -2.94. The number of hydrogen-bond acceptors (Lipinski definition) is 7. The molecule has 2 saturated heterocycles. The molecule has 2 fully saturated rings. The number of thioether (sulfide) groups is 1. The molecule has 0 unspecified atom stereocenters. The highest BCUT2D eigenvalue weighted by atomic mass is 35.5. The van der Waals surface area contributed by atoms with Gasteiger partial charge in [0.25, 0.3) is 11.1 Å². The monoisotopic (exact) mass is 493 g/mol. The lowest BCUT2D eigenvalue weighted by atomic mass is 10.0. The van der Waals surface area contributed by atoms with Crippen LogP contribution in [0, 0.1) is 0 Å². The molecule has 0 bridgehead atoms. The van der Waals surface area contributed by atoms with Gasteiger partial charge >= 0.3 is 0 Å². The number of halogens is 1. The minimum absolute atomic E-state index is 0.307. The van der Waals surface area contributed by atoms with Crippen molar-refractivity contribution in [1.82, 2.24) is 20.2 Å². The Balaban J connectivity index is 1.46. The molecule has 2 aliphatic heterocycles. The molecule has 2 amide bonds. The molecule has 1 N–H and O–H groups in total. The minimum Gasteiger partial charge on any atom is -0.368 e. The zero-order valence-electron chi connectivity index (χ0n) is 18.9. The van der Waals surface area contributed by atoms with E-state index in [-0.39, 0.29) is 5.24 Å². The lowest BCUT2D eigenvalue weighted by Crippen LogP contribution is -2.49. The number of fused-ring (bicyclic) bond motifs is 1. The van der Waals surface area contributed by atoms with Gasteiger partial charge in [-0.1, -0.05) is 29.8 Å². The summed E-state index contributed by atoms with van der Waals surface area (Å²) in [4.78, 5) is 37.7. The van der Waals surface area contributed by atoms with Crippen LogP contribution in [0.5, 0.6) is 0 Å². The Kier molecular flexibility index (Phi) is 6.29. The number of para-hydroxylation sites is 1. The van der Waals surface area contributed by atoms with Crippen LogP contribution in [0.2, 0.25) is 5.02 Å². The fourth-order valence-electron chi connectivity index (χ4n) is 4.31. The maximum Gasteiger partial charge on any atom is 0.290 e. The molecule has 34 heavy (non-hydrogen) atoms. The van der Waals surface area contributed by atoms with E-state index in [1.54, 1.807) is 12.3 Å². The van der Waals surface area contributed by atoms with E-state index in [9.17, 15) is 9.59 Å². The van der Waals surface area contributed by atoms with Crippen LogP contribution >= 0.6 is 23.4 Å². The van der Waals surface area contributed by atoms with E-state index in [2.05, 4.69) is 46.1 Å². The Morgan fingerprint density at radius 2 is 1.91 bits per heavy atom. The van der Waals surface area contributed by atoms with Crippen molar-refractivity contribution in [2.45, 2.75) is 19.9 Å². The first kappa shape index (κ1) is 22.8. The van der Waals surface area contributed by atoms with Crippen molar-refractivity contribution in [2.24, 2.45) is 0 Å². The molecule has 0 spiro atoms. The lowest BCUT2D eigenvalue weighted by molar-refractivity contribution is -0.115. The number of carbonyl (C=O) groups is 2. The number of imide groups is 1. The van der Waals surface area contributed by atoms with E-state index in [4.69, 9.17) is 16.6 Å². The van der Waals surface area contributed by atoms with Gasteiger partial charge in [-0.2, -0.15) is 0 Å². The van der Waals surface area contributed by atoms with Crippen molar-refractivity contribution in [2.75, 3.05) is 31.1 Å². The van der Waals surface area contributed by atoms with Gasteiger partial charge in [0.2, 0.25) is 0 Å². The van der Waals surface area contributed by atoms with Crippen LogP contribution in [0.4, 0.5) is 10.5 Å². The molecule has 3 aromatic rings. The van der Waals surface area contributed by atoms with Crippen LogP contribution in [-0.2, 0) is 4.79 Å². The van der Waals surface area contributed by atoms with E-state index >= 15 is 0 Å². The largest absolute Gasteiger partial charge is 0.368 e. The third kappa shape index (κ3) is 4.53. The summed E-state index contributed by atoms with van der Waals surface area (Å²) in [5.41, 5.74) is 4.85. The first-order chi connectivity index (χ1) is 16.4. The van der Waals surface area contributed by atoms with Gasteiger partial charge in [0.1, 0.15) is 0 Å². The Labute approximate surface area is 207 Å². The number of rotatable bonds is 4. The summed E-state index contributed by atoms with van der Waals surface area (Å²) in [6.45, 7) is 8.40. The first-order valence-corrected chi connectivity index (χ1v) is 12.4. The van der Waals surface area contributed by atoms with Crippen LogP contribution in [0.25, 0.3) is 28.2 Å². The predicted molar refractivity (Wildman–Crippen MR) is 138 cm³/mol. The van der Waals surface area contributed by atoms with E-state index in [0.717, 1.165) is 60.3 Å². The number of aromatic nitrogens is 2. The number of benzene rings is 2. The summed E-state index contributed by atoms with van der Waals surface area (Å²) in [5.74, 6) is -0.415. The third-order valence-corrected chi connectivity index (χ3v) is 7.27. The van der Waals surface area contributed by atoms with Gasteiger partial charge in [-0.05, 0) is 55.4 Å². The van der Waals surface area contributed by atoms with Gasteiger partial charge in [-0.15, -0.1) is 0 Å². The highest BCUT2D eigenvalue weighted by Gasteiger charge is 2.25. The standard InChI is InChI=1S/C25H24ClN5O2S/c1-15(2)30-8-10-31(11-9-30)21-7-6-16(12-19(21)26)18-4-3-5-20-23(18)28-17(14-27-20)13-22-24(32)29-25(33)34-22/h3-7,12-15H,8-11H2,1-2H3,(H,29,32,33). The molecule has 0 aliphatic carbocycles. The van der Waals surface area contributed by atoms with Gasteiger partial charge in [-0.25, -0.2) is 4.98 Å². The van der Waals surface area contributed by atoms with E-state index in [0.29, 0.717) is 27.2 Å². The summed E-state index contributed by atoms with van der Waals surface area (Å²) in [7, 11) is 0. The molecule has 7 nitrogen and oxygen atoms in total. The molecule has 174 valence electrons. The fraction of sp³-hybridized carbons (Fsp3) is 0.280. The molecule has 2 aromatic carbocycles. The molecule has 9 heteroatoms. The second kappa shape index (κ2) is 9.37. The molecular weight excluding hydrogens is 470 g/mol. The van der Waals surface area contributed by atoms with Gasteiger partial charge in [0.05, 0.1) is 38.5 Å². The summed E-state index contributed by atoms with van der Waals surface area (Å²) in [6.07, 6.45) is 3.18. The Morgan fingerprint density at radius 1 is 1.12 bits per heavy atom. The van der Waals surface area contributed by atoms with Crippen molar-refractivity contribution in [3.8, 4) is 11.1 Å². The molecule has 3 heterocycles. The zero-order valence-corrected chi connectivity index (χ0v) is 20.5. The lowest BCUT2D eigenvalue weighted by Gasteiger charge is -2.38. The van der Waals surface area contributed by atoms with Gasteiger partial charge in [0.15, 0.2) is 0 Å². The van der Waals surface area contributed by atoms with Crippen molar-refractivity contribution < 1.29 is 9.59 Å². The Bertz CT molecular complexity index is 1320. The van der Waals surface area contributed by atoms with E-state index in [1.165, 1.54) is 0 Å². The number of anilines is 1. The van der Waals surface area contributed by atoms with Crippen LogP contribution < -0.4 is 10.2 Å². The molecule has 2 aliphatic rings. The maximum atomic E-state index is 11.9. The molecule has 0 saturated carbocycles. The average molecular weight is 494 g/mol. The third-order valence-electron chi connectivity index (χ3n) is 6.16. The van der Waals surface area contributed by atoms with Gasteiger partial charge in [-0.3, -0.25) is 24.8 Å². The molecule has 0 radical (unpaired) electrons. The maximum absolute atomic E-state index is 11.9. The summed E-state index contributed by atoms with van der Waals surface area (Å²) >= 11 is 7.62. The number of nitrogens with one attached hydrogen (secondary N) is 1. The average Bonchev–Trinajstić information content (AvgIpc) is 3.15. The fourth-order valence-corrected chi connectivity index (χ4v) is 5.28. The second-order valence-electron chi connectivity index (χ2n) is 8.60. The topological polar surface area (TPSA) is 78.4 Å².